The van der Waals surface area contributed by atoms with Gasteiger partial charge in [0.05, 0.1) is 6.26 Å². The molecule has 1 heterocycles. The summed E-state index contributed by atoms with van der Waals surface area (Å²) in [5, 5.41) is 0. The monoisotopic (exact) mass is 294 g/mol. The van der Waals surface area contributed by atoms with Gasteiger partial charge in [0, 0.05) is 26.2 Å². The van der Waals surface area contributed by atoms with E-state index < -0.39 is 13.1 Å². The molecule has 0 aliphatic heterocycles. The summed E-state index contributed by atoms with van der Waals surface area (Å²) in [6, 6.07) is 11.3. The number of rotatable bonds is 6. The molecule has 0 aliphatic rings. The summed E-state index contributed by atoms with van der Waals surface area (Å²) in [7, 11) is -1.49. The zero-order valence-electron chi connectivity index (χ0n) is 11.2. The highest BCUT2D eigenvalue weighted by Gasteiger charge is 2.37. The van der Waals surface area contributed by atoms with Crippen LogP contribution in [0.1, 0.15) is 21.7 Å². The SMILES string of the molecule is COP(=O)(OC)C(=O)c1occc1Cc1ccccc1. The van der Waals surface area contributed by atoms with Crippen molar-refractivity contribution in [2.75, 3.05) is 14.2 Å². The van der Waals surface area contributed by atoms with E-state index in [1.54, 1.807) is 6.07 Å². The minimum absolute atomic E-state index is 0.0147. The Labute approximate surface area is 117 Å². The van der Waals surface area contributed by atoms with Gasteiger partial charge in [0.25, 0.3) is 0 Å². The molecule has 0 bridgehead atoms. The lowest BCUT2D eigenvalue weighted by atomic mass is 10.1. The molecule has 6 heteroatoms. The van der Waals surface area contributed by atoms with E-state index in [4.69, 9.17) is 13.5 Å². The number of carbonyl (C=O) groups is 1. The Morgan fingerprint density at radius 1 is 1.15 bits per heavy atom. The molecule has 1 aromatic heterocycles. The summed E-state index contributed by atoms with van der Waals surface area (Å²) in [4.78, 5) is 12.2. The van der Waals surface area contributed by atoms with Crippen molar-refractivity contribution in [2.45, 2.75) is 6.42 Å². The maximum atomic E-state index is 12.2. The van der Waals surface area contributed by atoms with E-state index in [0.29, 0.717) is 12.0 Å². The Balaban J connectivity index is 2.30. The number of hydrogen-bond acceptors (Lipinski definition) is 5. The lowest BCUT2D eigenvalue weighted by Crippen LogP contribution is -2.06. The lowest BCUT2D eigenvalue weighted by Gasteiger charge is -2.11. The molecule has 0 radical (unpaired) electrons. The quantitative estimate of drug-likeness (QED) is 0.763. The molecule has 0 fully saturated rings. The first-order chi connectivity index (χ1) is 9.60. The van der Waals surface area contributed by atoms with Gasteiger partial charge in [-0.05, 0) is 11.6 Å². The van der Waals surface area contributed by atoms with Gasteiger partial charge in [-0.2, -0.15) is 0 Å². The van der Waals surface area contributed by atoms with Crippen molar-refractivity contribution in [2.24, 2.45) is 0 Å². The Morgan fingerprint density at radius 3 is 2.40 bits per heavy atom. The maximum Gasteiger partial charge on any atom is 0.404 e. The van der Waals surface area contributed by atoms with E-state index in [1.807, 2.05) is 30.3 Å². The van der Waals surface area contributed by atoms with Crippen molar-refractivity contribution in [3.8, 4) is 0 Å². The maximum absolute atomic E-state index is 12.2. The molecular weight excluding hydrogens is 279 g/mol. The van der Waals surface area contributed by atoms with Crippen LogP contribution >= 0.6 is 7.60 Å². The third-order valence-electron chi connectivity index (χ3n) is 2.91. The minimum atomic E-state index is -3.83. The summed E-state index contributed by atoms with van der Waals surface area (Å²) in [5.41, 5.74) is 0.904. The second-order valence-corrected chi connectivity index (χ2v) is 6.24. The first kappa shape index (κ1) is 14.7. The highest BCUT2D eigenvalue weighted by Crippen LogP contribution is 2.50. The van der Waals surface area contributed by atoms with Crippen LogP contribution in [0.25, 0.3) is 0 Å². The normalized spacial score (nSPS) is 11.5. The average molecular weight is 294 g/mol. The molecule has 1 aromatic carbocycles. The highest BCUT2D eigenvalue weighted by molar-refractivity contribution is 7.72. The third kappa shape index (κ3) is 2.90. The zero-order valence-corrected chi connectivity index (χ0v) is 12.1. The van der Waals surface area contributed by atoms with Crippen LogP contribution in [-0.4, -0.2) is 19.7 Å². The molecule has 5 nitrogen and oxygen atoms in total. The van der Waals surface area contributed by atoms with Crippen molar-refractivity contribution in [1.82, 2.24) is 0 Å². The van der Waals surface area contributed by atoms with Crippen LogP contribution in [0.3, 0.4) is 0 Å². The molecule has 2 rings (SSSR count). The number of benzene rings is 1. The molecule has 2 aromatic rings. The van der Waals surface area contributed by atoms with Crippen LogP contribution in [0.15, 0.2) is 47.1 Å². The fourth-order valence-electron chi connectivity index (χ4n) is 1.84. The predicted octanol–water partition coefficient (Wildman–Crippen LogP) is 3.50. The van der Waals surface area contributed by atoms with Crippen LogP contribution < -0.4 is 0 Å². The fourth-order valence-corrected chi connectivity index (χ4v) is 2.77. The third-order valence-corrected chi connectivity index (χ3v) is 4.57. The lowest BCUT2D eigenvalue weighted by molar-refractivity contribution is 0.0995. The summed E-state index contributed by atoms with van der Waals surface area (Å²) in [6.45, 7) is 0. The van der Waals surface area contributed by atoms with Gasteiger partial charge in [0.2, 0.25) is 0 Å². The number of furan rings is 1. The summed E-state index contributed by atoms with van der Waals surface area (Å²) in [5.74, 6) is 0.0147. The first-order valence-electron chi connectivity index (χ1n) is 5.97. The summed E-state index contributed by atoms with van der Waals surface area (Å²) in [6.07, 6.45) is 1.90. The van der Waals surface area contributed by atoms with E-state index in [1.165, 1.54) is 20.5 Å². The molecular formula is C14H15O5P. The van der Waals surface area contributed by atoms with Gasteiger partial charge in [0.15, 0.2) is 5.76 Å². The predicted molar refractivity (Wildman–Crippen MR) is 73.9 cm³/mol. The standard InChI is InChI=1S/C14H15O5P/c1-17-20(16,18-2)14(15)13-12(8-9-19-13)10-11-6-4-3-5-7-11/h3-9H,10H2,1-2H3. The van der Waals surface area contributed by atoms with Crippen molar-refractivity contribution in [1.29, 1.82) is 0 Å². The topological polar surface area (TPSA) is 65.7 Å². The molecule has 106 valence electrons. The van der Waals surface area contributed by atoms with E-state index >= 15 is 0 Å². The molecule has 0 saturated heterocycles. The van der Waals surface area contributed by atoms with Crippen LogP contribution in [-0.2, 0) is 20.0 Å². The molecule has 0 saturated carbocycles. The Bertz CT molecular complexity index is 624. The van der Waals surface area contributed by atoms with Crippen molar-refractivity contribution in [3.05, 3.63) is 59.5 Å². The van der Waals surface area contributed by atoms with Crippen LogP contribution in [0.4, 0.5) is 0 Å². The molecule has 0 unspecified atom stereocenters. The van der Waals surface area contributed by atoms with Crippen molar-refractivity contribution >= 4 is 13.1 Å². The highest BCUT2D eigenvalue weighted by atomic mass is 31.2. The average Bonchev–Trinajstić information content (AvgIpc) is 2.94. The summed E-state index contributed by atoms with van der Waals surface area (Å²) < 4.78 is 26.7. The van der Waals surface area contributed by atoms with Crippen LogP contribution in [0, 0.1) is 0 Å². The first-order valence-corrected chi connectivity index (χ1v) is 7.51. The second-order valence-electron chi connectivity index (χ2n) is 4.11. The van der Waals surface area contributed by atoms with Gasteiger partial charge in [-0.3, -0.25) is 9.36 Å². The zero-order chi connectivity index (χ0) is 14.6. The van der Waals surface area contributed by atoms with Gasteiger partial charge in [0.1, 0.15) is 0 Å². The van der Waals surface area contributed by atoms with Crippen LogP contribution in [0.5, 0.6) is 0 Å². The smallest absolute Gasteiger partial charge is 0.404 e. The van der Waals surface area contributed by atoms with E-state index in [0.717, 1.165) is 5.56 Å². The van der Waals surface area contributed by atoms with Gasteiger partial charge in [-0.25, -0.2) is 0 Å². The molecule has 0 N–H and O–H groups in total. The summed E-state index contributed by atoms with van der Waals surface area (Å²) >= 11 is 0. The van der Waals surface area contributed by atoms with Gasteiger partial charge in [-0.1, -0.05) is 30.3 Å². The van der Waals surface area contributed by atoms with E-state index in [2.05, 4.69) is 0 Å². The van der Waals surface area contributed by atoms with Gasteiger partial charge < -0.3 is 13.5 Å². The second kappa shape index (κ2) is 6.18. The molecule has 0 amide bonds. The fraction of sp³-hybridized carbons (Fsp3) is 0.214. The van der Waals surface area contributed by atoms with Gasteiger partial charge in [-0.15, -0.1) is 0 Å². The minimum Gasteiger partial charge on any atom is -0.460 e. The largest absolute Gasteiger partial charge is 0.460 e. The van der Waals surface area contributed by atoms with E-state index in [-0.39, 0.29) is 5.76 Å². The molecule has 20 heavy (non-hydrogen) atoms. The number of hydrogen-bond donors (Lipinski definition) is 0. The van der Waals surface area contributed by atoms with E-state index in [9.17, 15) is 9.36 Å². The van der Waals surface area contributed by atoms with Crippen molar-refractivity contribution < 1.29 is 22.8 Å². The van der Waals surface area contributed by atoms with Gasteiger partial charge >= 0.3 is 13.1 Å². The Morgan fingerprint density at radius 2 is 1.80 bits per heavy atom. The Kier molecular flexibility index (Phi) is 4.55. The molecule has 0 atom stereocenters. The van der Waals surface area contributed by atoms with Crippen LogP contribution in [0.2, 0.25) is 0 Å². The molecule has 0 spiro atoms. The number of carbonyl (C=O) groups excluding carboxylic acids is 1. The Hall–Kier alpha value is -1.68. The molecule has 0 aliphatic carbocycles. The van der Waals surface area contributed by atoms with Crippen molar-refractivity contribution in [3.63, 3.8) is 0 Å².